The quantitative estimate of drug-likeness (QED) is 0.641. The van der Waals surface area contributed by atoms with Gasteiger partial charge in [0.05, 0.1) is 13.7 Å². The second-order valence-corrected chi connectivity index (χ2v) is 9.06. The molecule has 2 aromatic rings. The van der Waals surface area contributed by atoms with E-state index >= 15 is 0 Å². The average Bonchev–Trinajstić information content (AvgIpc) is 3.19. The monoisotopic (exact) mass is 471 g/mol. The maximum atomic E-state index is 12.8. The molecule has 0 bridgehead atoms. The van der Waals surface area contributed by atoms with E-state index in [9.17, 15) is 9.59 Å². The van der Waals surface area contributed by atoms with Crippen molar-refractivity contribution in [3.05, 3.63) is 51.5 Å². The van der Waals surface area contributed by atoms with Gasteiger partial charge in [0.1, 0.15) is 5.75 Å². The highest BCUT2D eigenvalue weighted by Gasteiger charge is 2.37. The number of amides is 3. The van der Waals surface area contributed by atoms with E-state index in [1.165, 1.54) is 0 Å². The number of nitrogens with one attached hydrogen (secondary N) is 2. The molecule has 0 aromatic heterocycles. The van der Waals surface area contributed by atoms with Crippen LogP contribution in [0.1, 0.15) is 36.0 Å². The van der Waals surface area contributed by atoms with Crippen LogP contribution in [0, 0.1) is 19.8 Å². The lowest BCUT2D eigenvalue weighted by Crippen LogP contribution is -2.44. The van der Waals surface area contributed by atoms with Gasteiger partial charge in [-0.2, -0.15) is 0 Å². The summed E-state index contributed by atoms with van der Waals surface area (Å²) in [6, 6.07) is 9.64. The van der Waals surface area contributed by atoms with Crippen molar-refractivity contribution in [1.82, 2.24) is 4.90 Å². The van der Waals surface area contributed by atoms with E-state index in [-0.39, 0.29) is 23.9 Å². The fourth-order valence-corrected chi connectivity index (χ4v) is 5.01. The van der Waals surface area contributed by atoms with Gasteiger partial charge in [0.15, 0.2) is 0 Å². The molecular weight excluding hydrogens is 446 g/mol. The van der Waals surface area contributed by atoms with Gasteiger partial charge in [0, 0.05) is 33.9 Å². The lowest BCUT2D eigenvalue weighted by atomic mass is 10.0. The minimum atomic E-state index is -0.109. The third-order valence-corrected chi connectivity index (χ3v) is 6.62. The van der Waals surface area contributed by atoms with E-state index in [2.05, 4.69) is 39.6 Å². The molecule has 158 valence electrons. The molecule has 2 aliphatic rings. The van der Waals surface area contributed by atoms with Crippen molar-refractivity contribution < 1.29 is 14.3 Å². The molecule has 6 nitrogen and oxygen atoms in total. The minimum absolute atomic E-state index is 0.00124. The molecule has 1 fully saturated rings. The molecule has 1 heterocycles. The Labute approximate surface area is 185 Å². The summed E-state index contributed by atoms with van der Waals surface area (Å²) in [6.45, 7) is 4.60. The summed E-state index contributed by atoms with van der Waals surface area (Å²) in [7, 11) is 1.62. The molecule has 0 saturated heterocycles. The number of urea groups is 1. The zero-order valence-corrected chi connectivity index (χ0v) is 19.0. The highest BCUT2D eigenvalue weighted by Crippen LogP contribution is 2.36. The second-order valence-electron chi connectivity index (χ2n) is 8.14. The van der Waals surface area contributed by atoms with Crippen LogP contribution in [-0.2, 0) is 11.3 Å². The van der Waals surface area contributed by atoms with Crippen molar-refractivity contribution in [3.8, 4) is 5.75 Å². The van der Waals surface area contributed by atoms with Crippen LogP contribution < -0.4 is 15.4 Å². The van der Waals surface area contributed by atoms with E-state index in [1.54, 1.807) is 7.11 Å². The van der Waals surface area contributed by atoms with Crippen LogP contribution >= 0.6 is 15.9 Å². The first-order valence-corrected chi connectivity index (χ1v) is 11.0. The highest BCUT2D eigenvalue weighted by atomic mass is 79.9. The van der Waals surface area contributed by atoms with E-state index in [0.29, 0.717) is 13.0 Å². The van der Waals surface area contributed by atoms with Crippen LogP contribution in [0.5, 0.6) is 5.75 Å². The molecule has 0 radical (unpaired) electrons. The zero-order chi connectivity index (χ0) is 21.4. The van der Waals surface area contributed by atoms with Gasteiger partial charge in [-0.25, -0.2) is 4.79 Å². The molecule has 3 amide bonds. The van der Waals surface area contributed by atoms with Gasteiger partial charge in [-0.1, -0.05) is 22.0 Å². The van der Waals surface area contributed by atoms with Gasteiger partial charge in [-0.3, -0.25) is 4.79 Å². The summed E-state index contributed by atoms with van der Waals surface area (Å²) in [5.41, 5.74) is 4.90. The van der Waals surface area contributed by atoms with Crippen molar-refractivity contribution in [1.29, 1.82) is 0 Å². The Bertz CT molecular complexity index is 1010. The molecule has 2 N–H and O–H groups in total. The number of fused-ring (bicyclic) bond motifs is 1. The smallest absolute Gasteiger partial charge is 0.322 e. The Morgan fingerprint density at radius 2 is 2.00 bits per heavy atom. The predicted octanol–water partition coefficient (Wildman–Crippen LogP) is 5.23. The maximum absolute atomic E-state index is 12.8. The summed E-state index contributed by atoms with van der Waals surface area (Å²) in [5, 5.41) is 6.02. The zero-order valence-electron chi connectivity index (χ0n) is 17.4. The Kier molecular flexibility index (Phi) is 5.73. The number of benzene rings is 2. The van der Waals surface area contributed by atoms with Crippen molar-refractivity contribution in [2.75, 3.05) is 17.7 Å². The maximum Gasteiger partial charge on any atom is 0.322 e. The molecule has 2 aromatic carbocycles. The van der Waals surface area contributed by atoms with Gasteiger partial charge < -0.3 is 20.3 Å². The Morgan fingerprint density at radius 1 is 1.20 bits per heavy atom. The van der Waals surface area contributed by atoms with Gasteiger partial charge in [0.25, 0.3) is 0 Å². The fourth-order valence-electron chi connectivity index (χ4n) is 4.44. The first kappa shape index (κ1) is 20.7. The third kappa shape index (κ3) is 4.03. The van der Waals surface area contributed by atoms with Crippen LogP contribution in [0.4, 0.5) is 16.2 Å². The molecule has 7 heteroatoms. The van der Waals surface area contributed by atoms with Crippen LogP contribution in [0.25, 0.3) is 0 Å². The third-order valence-electron chi connectivity index (χ3n) is 6.16. The summed E-state index contributed by atoms with van der Waals surface area (Å²) >= 11 is 3.49. The van der Waals surface area contributed by atoms with E-state index in [4.69, 9.17) is 4.74 Å². The molecule has 1 saturated carbocycles. The Morgan fingerprint density at radius 3 is 2.77 bits per heavy atom. The number of carbonyl (C=O) groups is 2. The first-order valence-electron chi connectivity index (χ1n) is 10.2. The van der Waals surface area contributed by atoms with Gasteiger partial charge >= 0.3 is 6.03 Å². The number of rotatable bonds is 4. The molecule has 2 atom stereocenters. The van der Waals surface area contributed by atoms with Gasteiger partial charge in [-0.05, 0) is 68.0 Å². The van der Waals surface area contributed by atoms with Crippen molar-refractivity contribution in [3.63, 3.8) is 0 Å². The first-order chi connectivity index (χ1) is 14.4. The Hall–Kier alpha value is -2.54. The van der Waals surface area contributed by atoms with Crippen molar-refractivity contribution >= 4 is 39.2 Å². The number of hydrogen-bond acceptors (Lipinski definition) is 3. The summed E-state index contributed by atoms with van der Waals surface area (Å²) < 4.78 is 6.30. The van der Waals surface area contributed by atoms with Crippen molar-refractivity contribution in [2.24, 2.45) is 5.92 Å². The molecule has 1 aliphatic heterocycles. The number of methoxy groups -OCH3 is 1. The van der Waals surface area contributed by atoms with Crippen LogP contribution in [-0.4, -0.2) is 30.0 Å². The predicted molar refractivity (Wildman–Crippen MR) is 121 cm³/mol. The topological polar surface area (TPSA) is 70.7 Å². The number of ether oxygens (including phenoxy) is 1. The molecule has 30 heavy (non-hydrogen) atoms. The van der Waals surface area contributed by atoms with Crippen LogP contribution in [0.2, 0.25) is 0 Å². The second kappa shape index (κ2) is 8.30. The lowest BCUT2D eigenvalue weighted by molar-refractivity contribution is -0.119. The van der Waals surface area contributed by atoms with Crippen LogP contribution in [0.15, 0.2) is 34.8 Å². The SMILES string of the molecule is COc1cc(NC(=O)[C@@H]2CC[C@@H](N3Cc4c(C)cc(Br)cc4NC3=O)C2)ccc1C. The normalized spacial score (nSPS) is 20.5. The Balaban J connectivity index is 1.43. The molecule has 4 rings (SSSR count). The minimum Gasteiger partial charge on any atom is -0.496 e. The number of anilines is 2. The lowest BCUT2D eigenvalue weighted by Gasteiger charge is -2.35. The van der Waals surface area contributed by atoms with Gasteiger partial charge in [0.2, 0.25) is 5.91 Å². The molecule has 0 spiro atoms. The van der Waals surface area contributed by atoms with Crippen molar-refractivity contribution in [2.45, 2.75) is 45.7 Å². The number of nitrogens with zero attached hydrogens (tertiary/aromatic N) is 1. The standard InChI is InChI=1S/C23H26BrN3O3/c1-13-4-6-17(11-21(13)30-3)25-22(28)15-5-7-18(9-15)27-12-19-14(2)8-16(24)10-20(19)26-23(27)29/h4,6,8,10-11,15,18H,5,7,9,12H2,1-3H3,(H,25,28)(H,26,29)/t15-,18-/m1/s1. The molecule has 1 aliphatic carbocycles. The summed E-state index contributed by atoms with van der Waals surface area (Å²) in [6.07, 6.45) is 2.27. The molecule has 0 unspecified atom stereocenters. The van der Waals surface area contributed by atoms with E-state index < -0.39 is 0 Å². The highest BCUT2D eigenvalue weighted by molar-refractivity contribution is 9.10. The average molecular weight is 472 g/mol. The number of hydrogen-bond donors (Lipinski definition) is 2. The fraction of sp³-hybridized carbons (Fsp3) is 0.391. The van der Waals surface area contributed by atoms with Gasteiger partial charge in [-0.15, -0.1) is 0 Å². The number of halogens is 1. The van der Waals surface area contributed by atoms with E-state index in [1.807, 2.05) is 36.1 Å². The number of aryl methyl sites for hydroxylation is 2. The number of carbonyl (C=O) groups excluding carboxylic acids is 2. The largest absolute Gasteiger partial charge is 0.496 e. The summed E-state index contributed by atoms with van der Waals surface area (Å²) in [4.78, 5) is 27.4. The molecular formula is C23H26BrN3O3. The van der Waals surface area contributed by atoms with Crippen LogP contribution in [0.3, 0.4) is 0 Å². The van der Waals surface area contributed by atoms with E-state index in [0.717, 1.165) is 51.1 Å². The summed E-state index contributed by atoms with van der Waals surface area (Å²) in [5.74, 6) is 0.645.